The molecule has 0 saturated heterocycles. The van der Waals surface area contributed by atoms with Crippen LogP contribution in [0, 0.1) is 0 Å². The quantitative estimate of drug-likeness (QED) is 0.223. The first kappa shape index (κ1) is 21.4. The van der Waals surface area contributed by atoms with Crippen molar-refractivity contribution >= 4 is 27.5 Å². The van der Waals surface area contributed by atoms with Crippen molar-refractivity contribution in [1.82, 2.24) is 0 Å². The normalized spacial score (nSPS) is 11.8. The molecular weight excluding hydrogens is 404 g/mol. The summed E-state index contributed by atoms with van der Waals surface area (Å²) in [5.74, 6) is 1.52. The third-order valence-corrected chi connectivity index (χ3v) is 5.03. The van der Waals surface area contributed by atoms with Crippen molar-refractivity contribution in [3.05, 3.63) is 91.0 Å². The summed E-state index contributed by atoms with van der Waals surface area (Å²) in [6.45, 7) is 4.78. The van der Waals surface area contributed by atoms with Gasteiger partial charge in [-0.05, 0) is 36.6 Å². The van der Waals surface area contributed by atoms with Crippen LogP contribution in [0.1, 0.15) is 6.92 Å². The van der Waals surface area contributed by atoms with Gasteiger partial charge in [0.2, 0.25) is 0 Å². The summed E-state index contributed by atoms with van der Waals surface area (Å²) < 4.78 is 17.6. The van der Waals surface area contributed by atoms with Gasteiger partial charge in [0.25, 0.3) is 0 Å². The number of esters is 1. The van der Waals surface area contributed by atoms with Crippen molar-refractivity contribution in [2.45, 2.75) is 13.0 Å². The highest BCUT2D eigenvalue weighted by molar-refractivity contribution is 6.07. The predicted molar refractivity (Wildman–Crippen MR) is 125 cm³/mol. The van der Waals surface area contributed by atoms with Gasteiger partial charge in [-0.25, -0.2) is 4.79 Å². The van der Waals surface area contributed by atoms with Crippen LogP contribution in [0.25, 0.3) is 21.5 Å². The van der Waals surface area contributed by atoms with Crippen LogP contribution < -0.4 is 9.47 Å². The Labute approximate surface area is 186 Å². The van der Waals surface area contributed by atoms with Crippen LogP contribution >= 0.6 is 0 Å². The van der Waals surface area contributed by atoms with E-state index in [2.05, 4.69) is 12.6 Å². The number of ether oxygens (including phenoxy) is 3. The SMILES string of the molecule is C=C(C)C(=O)OC(CO)COc1c2ccccc2cc2c(Oc3ccccc3)cccc12. The zero-order valence-corrected chi connectivity index (χ0v) is 17.8. The third-order valence-electron chi connectivity index (χ3n) is 5.03. The molecule has 0 aliphatic rings. The van der Waals surface area contributed by atoms with Gasteiger partial charge in [-0.2, -0.15) is 0 Å². The molecule has 0 fully saturated rings. The lowest BCUT2D eigenvalue weighted by Gasteiger charge is -2.19. The first-order valence-electron chi connectivity index (χ1n) is 10.3. The second kappa shape index (κ2) is 9.54. The summed E-state index contributed by atoms with van der Waals surface area (Å²) in [4.78, 5) is 11.9. The fourth-order valence-electron chi connectivity index (χ4n) is 3.43. The minimum Gasteiger partial charge on any atom is -0.488 e. The highest BCUT2D eigenvalue weighted by Crippen LogP contribution is 2.40. The van der Waals surface area contributed by atoms with Gasteiger partial charge in [0.05, 0.1) is 6.61 Å². The molecule has 1 unspecified atom stereocenters. The zero-order chi connectivity index (χ0) is 22.5. The Kier molecular flexibility index (Phi) is 6.38. The first-order chi connectivity index (χ1) is 15.6. The van der Waals surface area contributed by atoms with E-state index in [1.54, 1.807) is 6.92 Å². The molecule has 1 N–H and O–H groups in total. The molecule has 4 rings (SSSR count). The Morgan fingerprint density at radius 1 is 0.938 bits per heavy atom. The van der Waals surface area contributed by atoms with Gasteiger partial charge in [-0.3, -0.25) is 0 Å². The van der Waals surface area contributed by atoms with Gasteiger partial charge in [-0.15, -0.1) is 0 Å². The van der Waals surface area contributed by atoms with E-state index in [4.69, 9.17) is 14.2 Å². The number of carbonyl (C=O) groups excluding carboxylic acids is 1. The Bertz CT molecular complexity index is 1260. The van der Waals surface area contributed by atoms with Crippen molar-refractivity contribution in [2.24, 2.45) is 0 Å². The molecule has 5 heteroatoms. The van der Waals surface area contributed by atoms with Crippen LogP contribution in [0.15, 0.2) is 91.0 Å². The molecule has 5 nitrogen and oxygen atoms in total. The maximum atomic E-state index is 11.9. The van der Waals surface area contributed by atoms with E-state index in [-0.39, 0.29) is 18.8 Å². The smallest absolute Gasteiger partial charge is 0.333 e. The Balaban J connectivity index is 1.74. The summed E-state index contributed by atoms with van der Waals surface area (Å²) in [5, 5.41) is 13.3. The molecule has 162 valence electrons. The predicted octanol–water partition coefficient (Wildman–Crippen LogP) is 5.64. The average Bonchev–Trinajstić information content (AvgIpc) is 2.81. The molecule has 0 saturated carbocycles. The van der Waals surface area contributed by atoms with Gasteiger partial charge in [0.15, 0.2) is 6.10 Å². The van der Waals surface area contributed by atoms with Crippen molar-refractivity contribution in [2.75, 3.05) is 13.2 Å². The van der Waals surface area contributed by atoms with Crippen LogP contribution in [0.5, 0.6) is 17.2 Å². The van der Waals surface area contributed by atoms with Crippen LogP contribution in [0.3, 0.4) is 0 Å². The molecule has 0 radical (unpaired) electrons. The van der Waals surface area contributed by atoms with Gasteiger partial charge in [0, 0.05) is 21.7 Å². The number of rotatable bonds is 8. The monoisotopic (exact) mass is 428 g/mol. The van der Waals surface area contributed by atoms with E-state index in [0.717, 1.165) is 27.3 Å². The molecule has 0 amide bonds. The van der Waals surface area contributed by atoms with Gasteiger partial charge in [0.1, 0.15) is 23.9 Å². The lowest BCUT2D eigenvalue weighted by molar-refractivity contribution is -0.147. The Hall–Kier alpha value is -3.83. The van der Waals surface area contributed by atoms with Crippen molar-refractivity contribution in [3.8, 4) is 17.2 Å². The molecular formula is C27H24O5. The first-order valence-corrected chi connectivity index (χ1v) is 10.3. The standard InChI is InChI=1S/C27H24O5/c1-18(2)27(29)32-21(16-28)17-30-26-22-12-7-6-9-19(22)15-24-23(26)13-8-14-25(24)31-20-10-4-3-5-11-20/h3-15,21,28H,1,16-17H2,2H3. The Morgan fingerprint density at radius 2 is 1.66 bits per heavy atom. The molecule has 4 aromatic carbocycles. The van der Waals surface area contributed by atoms with E-state index in [1.807, 2.05) is 72.8 Å². The van der Waals surface area contributed by atoms with Crippen molar-refractivity contribution < 1.29 is 24.1 Å². The van der Waals surface area contributed by atoms with Crippen LogP contribution in [0.2, 0.25) is 0 Å². The second-order valence-corrected chi connectivity index (χ2v) is 7.49. The largest absolute Gasteiger partial charge is 0.488 e. The number of fused-ring (bicyclic) bond motifs is 2. The Morgan fingerprint density at radius 3 is 2.41 bits per heavy atom. The molecule has 1 atom stereocenters. The second-order valence-electron chi connectivity index (χ2n) is 7.49. The number of hydrogen-bond donors (Lipinski definition) is 1. The molecule has 0 bridgehead atoms. The number of benzene rings is 4. The van der Waals surface area contributed by atoms with Gasteiger partial charge >= 0.3 is 5.97 Å². The van der Waals surface area contributed by atoms with Gasteiger partial charge in [-0.1, -0.05) is 61.2 Å². The lowest BCUT2D eigenvalue weighted by atomic mass is 10.0. The average molecular weight is 428 g/mol. The maximum Gasteiger partial charge on any atom is 0.333 e. The topological polar surface area (TPSA) is 65.0 Å². The number of hydrogen-bond acceptors (Lipinski definition) is 5. The number of para-hydroxylation sites is 1. The summed E-state index contributed by atoms with van der Waals surface area (Å²) in [5.41, 5.74) is 0.266. The number of aliphatic hydroxyl groups is 1. The van der Waals surface area contributed by atoms with Crippen LogP contribution in [0.4, 0.5) is 0 Å². The highest BCUT2D eigenvalue weighted by Gasteiger charge is 2.18. The third kappa shape index (κ3) is 4.58. The fraction of sp³-hybridized carbons (Fsp3) is 0.148. The summed E-state index contributed by atoms with van der Waals surface area (Å²) in [6.07, 6.45) is -0.808. The molecule has 32 heavy (non-hydrogen) atoms. The molecule has 0 aliphatic heterocycles. The van der Waals surface area contributed by atoms with Crippen molar-refractivity contribution in [1.29, 1.82) is 0 Å². The van der Waals surface area contributed by atoms with E-state index in [1.165, 1.54) is 0 Å². The van der Waals surface area contributed by atoms with E-state index in [0.29, 0.717) is 11.5 Å². The minimum atomic E-state index is -0.808. The summed E-state index contributed by atoms with van der Waals surface area (Å²) >= 11 is 0. The van der Waals surface area contributed by atoms with Crippen LogP contribution in [-0.4, -0.2) is 30.4 Å². The molecule has 0 aliphatic carbocycles. The fourth-order valence-corrected chi connectivity index (χ4v) is 3.43. The van der Waals surface area contributed by atoms with Gasteiger partial charge < -0.3 is 19.3 Å². The number of aliphatic hydroxyl groups excluding tert-OH is 1. The number of carbonyl (C=O) groups is 1. The maximum absolute atomic E-state index is 11.9. The van der Waals surface area contributed by atoms with E-state index in [9.17, 15) is 9.90 Å². The molecule has 0 heterocycles. The molecule has 4 aromatic rings. The highest BCUT2D eigenvalue weighted by atomic mass is 16.6. The summed E-state index contributed by atoms with van der Waals surface area (Å²) in [7, 11) is 0. The summed E-state index contributed by atoms with van der Waals surface area (Å²) in [6, 6.07) is 25.3. The minimum absolute atomic E-state index is 0.00238. The zero-order valence-electron chi connectivity index (χ0n) is 17.8. The molecule has 0 spiro atoms. The molecule has 0 aromatic heterocycles. The van der Waals surface area contributed by atoms with Crippen LogP contribution in [-0.2, 0) is 9.53 Å². The lowest BCUT2D eigenvalue weighted by Crippen LogP contribution is -2.28. The van der Waals surface area contributed by atoms with Crippen molar-refractivity contribution in [3.63, 3.8) is 0 Å². The van der Waals surface area contributed by atoms with E-state index >= 15 is 0 Å². The van der Waals surface area contributed by atoms with E-state index < -0.39 is 12.1 Å².